The zero-order valence-electron chi connectivity index (χ0n) is 17.8. The molecule has 0 bridgehead atoms. The summed E-state index contributed by atoms with van der Waals surface area (Å²) >= 11 is 0. The van der Waals surface area contributed by atoms with Gasteiger partial charge < -0.3 is 9.84 Å². The van der Waals surface area contributed by atoms with Gasteiger partial charge in [-0.2, -0.15) is 4.31 Å². The van der Waals surface area contributed by atoms with Crippen LogP contribution in [0.25, 0.3) is 11.3 Å². The van der Waals surface area contributed by atoms with E-state index in [-0.39, 0.29) is 22.2 Å². The highest BCUT2D eigenvalue weighted by atomic mass is 32.2. The van der Waals surface area contributed by atoms with Crippen molar-refractivity contribution in [1.29, 1.82) is 0 Å². The molecule has 7 nitrogen and oxygen atoms in total. The summed E-state index contributed by atoms with van der Waals surface area (Å²) in [6.07, 6.45) is 1.88. The van der Waals surface area contributed by atoms with Crippen LogP contribution in [-0.4, -0.2) is 36.9 Å². The standard InChI is InChI=1S/C23H24FN3O4S/c1-15-4-3-11-27(14-15)32(29,30)19-9-7-18(8-10-19)25-23(28)21-13-22(31-26-21)17-6-5-16(2)20(24)12-17/h5-10,12-13,15H,3-4,11,14H2,1-2H3,(H,25,28)/t15-/m1/s1. The third-order valence-electron chi connectivity index (χ3n) is 5.57. The molecule has 0 saturated carbocycles. The molecule has 1 N–H and O–H groups in total. The number of hydrogen-bond donors (Lipinski definition) is 1. The third kappa shape index (κ3) is 4.58. The zero-order valence-corrected chi connectivity index (χ0v) is 18.7. The first-order valence-electron chi connectivity index (χ1n) is 10.4. The molecule has 0 spiro atoms. The number of nitrogens with one attached hydrogen (secondary N) is 1. The molecular formula is C23H24FN3O4S. The van der Waals surface area contributed by atoms with Crippen LogP contribution in [0.5, 0.6) is 0 Å². The van der Waals surface area contributed by atoms with Gasteiger partial charge in [0.1, 0.15) is 5.82 Å². The monoisotopic (exact) mass is 457 g/mol. The number of aryl methyl sites for hydroxylation is 1. The van der Waals surface area contributed by atoms with E-state index in [0.29, 0.717) is 35.8 Å². The van der Waals surface area contributed by atoms with Gasteiger partial charge in [-0.3, -0.25) is 4.79 Å². The van der Waals surface area contributed by atoms with Crippen LogP contribution in [0, 0.1) is 18.7 Å². The first kappa shape index (κ1) is 22.2. The number of sulfonamides is 1. The van der Waals surface area contributed by atoms with Gasteiger partial charge >= 0.3 is 0 Å². The third-order valence-corrected chi connectivity index (χ3v) is 7.45. The van der Waals surface area contributed by atoms with Gasteiger partial charge in [-0.25, -0.2) is 12.8 Å². The highest BCUT2D eigenvalue weighted by Crippen LogP contribution is 2.25. The number of anilines is 1. The number of carbonyl (C=O) groups is 1. The van der Waals surface area contributed by atoms with Gasteiger partial charge in [-0.15, -0.1) is 0 Å². The molecule has 1 amide bonds. The Labute approximate surface area is 186 Å². The van der Waals surface area contributed by atoms with Gasteiger partial charge in [0, 0.05) is 30.4 Å². The van der Waals surface area contributed by atoms with E-state index in [1.54, 1.807) is 19.1 Å². The van der Waals surface area contributed by atoms with Gasteiger partial charge in [0.05, 0.1) is 4.90 Å². The van der Waals surface area contributed by atoms with E-state index in [0.717, 1.165) is 12.8 Å². The predicted octanol–water partition coefficient (Wildman–Crippen LogP) is 4.46. The van der Waals surface area contributed by atoms with Crippen molar-refractivity contribution in [3.8, 4) is 11.3 Å². The van der Waals surface area contributed by atoms with Crippen molar-refractivity contribution in [2.45, 2.75) is 31.6 Å². The van der Waals surface area contributed by atoms with Gasteiger partial charge in [0.25, 0.3) is 5.91 Å². The van der Waals surface area contributed by atoms with Crippen molar-refractivity contribution < 1.29 is 22.1 Å². The summed E-state index contributed by atoms with van der Waals surface area (Å²) in [4.78, 5) is 12.7. The van der Waals surface area contributed by atoms with Crippen LogP contribution >= 0.6 is 0 Å². The smallest absolute Gasteiger partial charge is 0.277 e. The molecule has 0 aliphatic carbocycles. The fourth-order valence-electron chi connectivity index (χ4n) is 3.68. The number of nitrogens with zero attached hydrogens (tertiary/aromatic N) is 2. The average Bonchev–Trinajstić information content (AvgIpc) is 3.26. The zero-order chi connectivity index (χ0) is 22.9. The molecule has 9 heteroatoms. The Morgan fingerprint density at radius 1 is 1.19 bits per heavy atom. The summed E-state index contributed by atoms with van der Waals surface area (Å²) in [5.41, 5.74) is 1.43. The number of halogens is 1. The van der Waals surface area contributed by atoms with Crippen LogP contribution in [0.3, 0.4) is 0 Å². The van der Waals surface area contributed by atoms with Crippen LogP contribution in [-0.2, 0) is 10.0 Å². The first-order valence-corrected chi connectivity index (χ1v) is 11.8. The van der Waals surface area contributed by atoms with E-state index in [4.69, 9.17) is 4.52 Å². The minimum absolute atomic E-state index is 0.0278. The maximum Gasteiger partial charge on any atom is 0.277 e. The predicted molar refractivity (Wildman–Crippen MR) is 118 cm³/mol. The lowest BCUT2D eigenvalue weighted by atomic mass is 10.0. The molecule has 3 aromatic rings. The summed E-state index contributed by atoms with van der Waals surface area (Å²) in [5.74, 6) is -0.293. The number of piperidine rings is 1. The highest BCUT2D eigenvalue weighted by molar-refractivity contribution is 7.89. The fourth-order valence-corrected chi connectivity index (χ4v) is 5.28. The normalized spacial score (nSPS) is 17.3. The molecule has 1 aliphatic heterocycles. The van der Waals surface area contributed by atoms with Gasteiger partial charge in [-0.05, 0) is 61.6 Å². The number of carbonyl (C=O) groups excluding carboxylic acids is 1. The Morgan fingerprint density at radius 2 is 1.94 bits per heavy atom. The molecule has 1 saturated heterocycles. The van der Waals surface area contributed by atoms with Gasteiger partial charge in [0.15, 0.2) is 11.5 Å². The Balaban J connectivity index is 1.45. The quantitative estimate of drug-likeness (QED) is 0.611. The van der Waals surface area contributed by atoms with Crippen LogP contribution < -0.4 is 5.32 Å². The molecule has 32 heavy (non-hydrogen) atoms. The van der Waals surface area contributed by atoms with Gasteiger partial charge in [-0.1, -0.05) is 24.2 Å². The minimum atomic E-state index is -3.56. The molecule has 0 radical (unpaired) electrons. The maximum atomic E-state index is 13.8. The second-order valence-corrected chi connectivity index (χ2v) is 10.1. The number of benzene rings is 2. The van der Waals surface area contributed by atoms with Crippen LogP contribution in [0.4, 0.5) is 10.1 Å². The minimum Gasteiger partial charge on any atom is -0.355 e. The molecule has 168 valence electrons. The highest BCUT2D eigenvalue weighted by Gasteiger charge is 2.28. The van der Waals surface area contributed by atoms with Crippen molar-refractivity contribution in [1.82, 2.24) is 9.46 Å². The van der Waals surface area contributed by atoms with Crippen LogP contribution in [0.15, 0.2) is 57.9 Å². The van der Waals surface area contributed by atoms with Crippen molar-refractivity contribution in [2.24, 2.45) is 5.92 Å². The van der Waals surface area contributed by atoms with E-state index in [2.05, 4.69) is 10.5 Å². The van der Waals surface area contributed by atoms with E-state index in [1.165, 1.54) is 40.7 Å². The molecule has 4 rings (SSSR count). The SMILES string of the molecule is Cc1ccc(-c2cc(C(=O)Nc3ccc(S(=O)(=O)N4CCC[C@@H](C)C4)cc3)no2)cc1F. The number of rotatable bonds is 5. The van der Waals surface area contributed by atoms with E-state index < -0.39 is 15.9 Å². The molecule has 2 aromatic carbocycles. The lowest BCUT2D eigenvalue weighted by Gasteiger charge is -2.30. The second-order valence-electron chi connectivity index (χ2n) is 8.13. The molecule has 1 atom stereocenters. The average molecular weight is 458 g/mol. The molecule has 0 unspecified atom stereocenters. The van der Waals surface area contributed by atoms with E-state index in [1.807, 2.05) is 6.92 Å². The number of amides is 1. The van der Waals surface area contributed by atoms with Crippen LogP contribution in [0.1, 0.15) is 35.8 Å². The summed E-state index contributed by atoms with van der Waals surface area (Å²) in [5, 5.41) is 6.42. The van der Waals surface area contributed by atoms with Crippen molar-refractivity contribution in [3.05, 3.63) is 65.6 Å². The summed E-state index contributed by atoms with van der Waals surface area (Å²) in [7, 11) is -3.56. The van der Waals surface area contributed by atoms with Crippen molar-refractivity contribution in [2.75, 3.05) is 18.4 Å². The molecule has 1 fully saturated rings. The molecule has 2 heterocycles. The number of aromatic nitrogens is 1. The lowest BCUT2D eigenvalue weighted by Crippen LogP contribution is -2.39. The summed E-state index contributed by atoms with van der Waals surface area (Å²) < 4.78 is 46.2. The topological polar surface area (TPSA) is 92.5 Å². The van der Waals surface area contributed by atoms with Gasteiger partial charge in [0.2, 0.25) is 10.0 Å². The molecular weight excluding hydrogens is 433 g/mol. The Morgan fingerprint density at radius 3 is 2.62 bits per heavy atom. The Bertz CT molecular complexity index is 1240. The molecule has 1 aliphatic rings. The summed E-state index contributed by atoms with van der Waals surface area (Å²) in [6.45, 7) is 4.73. The summed E-state index contributed by atoms with van der Waals surface area (Å²) in [6, 6.07) is 12.1. The number of hydrogen-bond acceptors (Lipinski definition) is 5. The molecule has 1 aromatic heterocycles. The Kier molecular flexibility index (Phi) is 6.12. The first-order chi connectivity index (χ1) is 15.2. The largest absolute Gasteiger partial charge is 0.355 e. The fraction of sp³-hybridized carbons (Fsp3) is 0.304. The lowest BCUT2D eigenvalue weighted by molar-refractivity contribution is 0.101. The van der Waals surface area contributed by atoms with Crippen molar-refractivity contribution >= 4 is 21.6 Å². The van der Waals surface area contributed by atoms with E-state index in [9.17, 15) is 17.6 Å². The van der Waals surface area contributed by atoms with Crippen molar-refractivity contribution in [3.63, 3.8) is 0 Å². The van der Waals surface area contributed by atoms with E-state index >= 15 is 0 Å². The second kappa shape index (κ2) is 8.84. The maximum absolute atomic E-state index is 13.8. The Hall–Kier alpha value is -3.04. The van der Waals surface area contributed by atoms with Crippen LogP contribution in [0.2, 0.25) is 0 Å².